The number of halogens is 4. The van der Waals surface area contributed by atoms with Crippen molar-refractivity contribution < 1.29 is 23.1 Å². The number of alkyl halides is 4. The second kappa shape index (κ2) is 6.17. The fraction of sp³-hybridized carbons (Fsp3) is 0.273. The molecule has 0 atom stereocenters. The topological polar surface area (TPSA) is 61.1 Å². The fourth-order valence-corrected chi connectivity index (χ4v) is 2.40. The molecule has 19 heavy (non-hydrogen) atoms. The number of rotatable bonds is 4. The SMILES string of the molecule is N#Cc1cc(SC(F)(F)F)c(CCl)cc1CC(=O)O. The largest absolute Gasteiger partial charge is 0.481 e. The highest BCUT2D eigenvalue weighted by Crippen LogP contribution is 2.40. The molecule has 8 heteroatoms. The number of hydrogen-bond acceptors (Lipinski definition) is 3. The van der Waals surface area contributed by atoms with Gasteiger partial charge in [0.2, 0.25) is 0 Å². The van der Waals surface area contributed by atoms with Crippen molar-refractivity contribution in [3.8, 4) is 6.07 Å². The van der Waals surface area contributed by atoms with Gasteiger partial charge in [-0.25, -0.2) is 0 Å². The highest BCUT2D eigenvalue weighted by molar-refractivity contribution is 8.00. The molecule has 0 aliphatic carbocycles. The summed E-state index contributed by atoms with van der Waals surface area (Å²) in [6.45, 7) is 0. The highest BCUT2D eigenvalue weighted by Gasteiger charge is 2.30. The van der Waals surface area contributed by atoms with Crippen LogP contribution in [-0.4, -0.2) is 16.6 Å². The van der Waals surface area contributed by atoms with E-state index in [1.807, 2.05) is 0 Å². The van der Waals surface area contributed by atoms with Crippen molar-refractivity contribution in [2.24, 2.45) is 0 Å². The van der Waals surface area contributed by atoms with E-state index in [1.165, 1.54) is 6.07 Å². The summed E-state index contributed by atoms with van der Waals surface area (Å²) in [4.78, 5) is 10.4. The standard InChI is InChI=1S/C11H7ClF3NO2S/c12-4-7-1-6(3-10(17)18)8(5-16)2-9(7)19-11(13,14)15/h1-2H,3-4H2,(H,17,18). The van der Waals surface area contributed by atoms with E-state index in [-0.39, 0.29) is 39.2 Å². The quantitative estimate of drug-likeness (QED) is 0.682. The predicted octanol–water partition coefficient (Wildman–Crippen LogP) is 3.54. The first kappa shape index (κ1) is 15.7. The number of hydrogen-bond donors (Lipinski definition) is 1. The van der Waals surface area contributed by atoms with E-state index in [0.717, 1.165) is 6.07 Å². The molecular formula is C11H7ClF3NO2S. The first-order chi connectivity index (χ1) is 8.76. The predicted molar refractivity (Wildman–Crippen MR) is 64.0 cm³/mol. The summed E-state index contributed by atoms with van der Waals surface area (Å²) < 4.78 is 37.0. The smallest absolute Gasteiger partial charge is 0.446 e. The van der Waals surface area contributed by atoms with Gasteiger partial charge in [-0.15, -0.1) is 11.6 Å². The van der Waals surface area contributed by atoms with Crippen molar-refractivity contribution in [1.82, 2.24) is 0 Å². The number of carboxylic acid groups (broad SMARTS) is 1. The van der Waals surface area contributed by atoms with E-state index in [9.17, 15) is 18.0 Å². The van der Waals surface area contributed by atoms with E-state index in [2.05, 4.69) is 0 Å². The molecule has 0 bridgehead atoms. The second-order valence-electron chi connectivity index (χ2n) is 3.48. The van der Waals surface area contributed by atoms with Gasteiger partial charge in [0.05, 0.1) is 18.1 Å². The Balaban J connectivity index is 3.28. The molecule has 0 aliphatic heterocycles. The molecule has 0 aliphatic rings. The van der Waals surface area contributed by atoms with Crippen LogP contribution in [0.3, 0.4) is 0 Å². The van der Waals surface area contributed by atoms with Gasteiger partial charge in [-0.2, -0.15) is 18.4 Å². The molecule has 0 radical (unpaired) electrons. The normalized spacial score (nSPS) is 11.1. The number of nitrogens with zero attached hydrogens (tertiary/aromatic N) is 1. The molecule has 0 saturated heterocycles. The molecule has 0 amide bonds. The molecule has 0 heterocycles. The van der Waals surface area contributed by atoms with Crippen molar-refractivity contribution >= 4 is 29.3 Å². The zero-order valence-corrected chi connectivity index (χ0v) is 10.9. The molecule has 1 aromatic carbocycles. The third kappa shape index (κ3) is 4.65. The summed E-state index contributed by atoms with van der Waals surface area (Å²) in [7, 11) is 0. The molecule has 0 aromatic heterocycles. The van der Waals surface area contributed by atoms with Gasteiger partial charge in [0.25, 0.3) is 0 Å². The fourth-order valence-electron chi connectivity index (χ4n) is 1.41. The Hall–Kier alpha value is -1.39. The maximum Gasteiger partial charge on any atom is 0.446 e. The average Bonchev–Trinajstić information content (AvgIpc) is 2.27. The number of thioether (sulfide) groups is 1. The van der Waals surface area contributed by atoms with Gasteiger partial charge in [0, 0.05) is 10.8 Å². The minimum atomic E-state index is -4.50. The van der Waals surface area contributed by atoms with Gasteiger partial charge >= 0.3 is 11.5 Å². The molecule has 1 N–H and O–H groups in total. The summed E-state index contributed by atoms with van der Waals surface area (Å²) in [6, 6.07) is 3.94. The molecule has 1 rings (SSSR count). The lowest BCUT2D eigenvalue weighted by atomic mass is 10.0. The van der Waals surface area contributed by atoms with Crippen molar-refractivity contribution in [1.29, 1.82) is 5.26 Å². The lowest BCUT2D eigenvalue weighted by Gasteiger charge is -2.12. The Bertz CT molecular complexity index is 540. The summed E-state index contributed by atoms with van der Waals surface area (Å²) in [6.07, 6.45) is -0.441. The van der Waals surface area contributed by atoms with Crippen LogP contribution in [0.15, 0.2) is 17.0 Å². The van der Waals surface area contributed by atoms with Crippen LogP contribution in [0.5, 0.6) is 0 Å². The van der Waals surface area contributed by atoms with Crippen LogP contribution in [0, 0.1) is 11.3 Å². The first-order valence-corrected chi connectivity index (χ1v) is 6.21. The number of nitriles is 1. The molecule has 0 unspecified atom stereocenters. The summed E-state index contributed by atoms with van der Waals surface area (Å²) >= 11 is 5.18. The van der Waals surface area contributed by atoms with Crippen LogP contribution in [-0.2, 0) is 17.1 Å². The molecule has 1 aromatic rings. The van der Waals surface area contributed by atoms with Crippen LogP contribution < -0.4 is 0 Å². The van der Waals surface area contributed by atoms with Crippen LogP contribution in [0.4, 0.5) is 13.2 Å². The number of benzene rings is 1. The summed E-state index contributed by atoms with van der Waals surface area (Å²) in [5.41, 5.74) is -4.29. The van der Waals surface area contributed by atoms with Crippen LogP contribution in [0.2, 0.25) is 0 Å². The zero-order valence-electron chi connectivity index (χ0n) is 9.29. The first-order valence-electron chi connectivity index (χ1n) is 4.86. The third-order valence-electron chi connectivity index (χ3n) is 2.12. The Morgan fingerprint density at radius 2 is 2.05 bits per heavy atom. The zero-order chi connectivity index (χ0) is 14.6. The third-order valence-corrected chi connectivity index (χ3v) is 3.24. The lowest BCUT2D eigenvalue weighted by molar-refractivity contribution is -0.136. The number of aliphatic carboxylic acids is 1. The van der Waals surface area contributed by atoms with Crippen LogP contribution in [0.25, 0.3) is 0 Å². The van der Waals surface area contributed by atoms with Gasteiger partial charge in [0.1, 0.15) is 0 Å². The maximum absolute atomic E-state index is 12.3. The molecule has 102 valence electrons. The van der Waals surface area contributed by atoms with Gasteiger partial charge in [-0.05, 0) is 29.0 Å². The van der Waals surface area contributed by atoms with E-state index in [4.69, 9.17) is 22.0 Å². The Labute approximate surface area is 116 Å². The van der Waals surface area contributed by atoms with E-state index < -0.39 is 17.9 Å². The van der Waals surface area contributed by atoms with Gasteiger partial charge in [-0.3, -0.25) is 4.79 Å². The highest BCUT2D eigenvalue weighted by atomic mass is 35.5. The molecule has 0 saturated carbocycles. The molecule has 0 spiro atoms. The van der Waals surface area contributed by atoms with Crippen molar-refractivity contribution in [2.75, 3.05) is 0 Å². The van der Waals surface area contributed by atoms with E-state index >= 15 is 0 Å². The monoisotopic (exact) mass is 309 g/mol. The van der Waals surface area contributed by atoms with Gasteiger partial charge in [-0.1, -0.05) is 6.07 Å². The van der Waals surface area contributed by atoms with Crippen LogP contribution >= 0.6 is 23.4 Å². The maximum atomic E-state index is 12.3. The second-order valence-corrected chi connectivity index (χ2v) is 4.85. The average molecular weight is 310 g/mol. The van der Waals surface area contributed by atoms with E-state index in [1.54, 1.807) is 6.07 Å². The summed E-state index contributed by atoms with van der Waals surface area (Å²) in [5, 5.41) is 17.5. The van der Waals surface area contributed by atoms with Crippen molar-refractivity contribution in [2.45, 2.75) is 22.7 Å². The Morgan fingerprint density at radius 1 is 1.42 bits per heavy atom. The molecule has 3 nitrogen and oxygen atoms in total. The molecular weight excluding hydrogens is 303 g/mol. The number of carboxylic acids is 1. The lowest BCUT2D eigenvalue weighted by Crippen LogP contribution is -2.06. The Morgan fingerprint density at radius 3 is 2.47 bits per heavy atom. The van der Waals surface area contributed by atoms with Crippen molar-refractivity contribution in [3.63, 3.8) is 0 Å². The van der Waals surface area contributed by atoms with Crippen molar-refractivity contribution in [3.05, 3.63) is 28.8 Å². The minimum absolute atomic E-state index is 0.0944. The van der Waals surface area contributed by atoms with E-state index in [0.29, 0.717) is 0 Å². The van der Waals surface area contributed by atoms with Gasteiger partial charge in [0.15, 0.2) is 0 Å². The molecule has 0 fully saturated rings. The van der Waals surface area contributed by atoms with Crippen LogP contribution in [0.1, 0.15) is 16.7 Å². The van der Waals surface area contributed by atoms with Gasteiger partial charge < -0.3 is 5.11 Å². The summed E-state index contributed by atoms with van der Waals surface area (Å²) in [5.74, 6) is -1.37. The minimum Gasteiger partial charge on any atom is -0.481 e. The number of carbonyl (C=O) groups is 1. The Kier molecular flexibility index (Phi) is 5.09.